The molecule has 0 aliphatic carbocycles. The minimum absolute atomic E-state index is 0.116. The molecule has 0 radical (unpaired) electrons. The minimum atomic E-state index is -0.116. The third-order valence-electron chi connectivity index (χ3n) is 4.65. The minimum Gasteiger partial charge on any atom is -0.341 e. The van der Waals surface area contributed by atoms with Crippen LogP contribution in [0, 0.1) is 0 Å². The second-order valence-electron chi connectivity index (χ2n) is 6.35. The van der Waals surface area contributed by atoms with Gasteiger partial charge < -0.3 is 15.2 Å². The predicted molar refractivity (Wildman–Crippen MR) is 94.0 cm³/mol. The topological polar surface area (TPSA) is 78.1 Å². The van der Waals surface area contributed by atoms with E-state index in [-0.39, 0.29) is 11.5 Å². The lowest BCUT2D eigenvalue weighted by Crippen LogP contribution is -2.46. The van der Waals surface area contributed by atoms with Crippen LogP contribution in [0.3, 0.4) is 0 Å². The van der Waals surface area contributed by atoms with Crippen LogP contribution in [0.25, 0.3) is 10.9 Å². The van der Waals surface area contributed by atoms with E-state index in [1.54, 1.807) is 6.07 Å². The summed E-state index contributed by atoms with van der Waals surface area (Å²) in [6, 6.07) is 7.71. The van der Waals surface area contributed by atoms with Crippen LogP contribution in [0.4, 0.5) is 0 Å². The zero-order valence-electron chi connectivity index (χ0n) is 14.0. The maximum absolute atomic E-state index is 12.3. The molecule has 1 unspecified atom stereocenters. The van der Waals surface area contributed by atoms with Gasteiger partial charge in [0.2, 0.25) is 5.91 Å². The molecule has 3 rings (SSSR count). The van der Waals surface area contributed by atoms with Gasteiger partial charge in [0.15, 0.2) is 0 Å². The monoisotopic (exact) mass is 328 g/mol. The van der Waals surface area contributed by atoms with Crippen LogP contribution >= 0.6 is 0 Å². The lowest BCUT2D eigenvalue weighted by molar-refractivity contribution is -0.132. The number of carbonyl (C=O) groups excluding carboxylic acids is 1. The van der Waals surface area contributed by atoms with Gasteiger partial charge >= 0.3 is 0 Å². The molecular formula is C18H24N4O2. The number of amides is 1. The molecule has 1 fully saturated rings. The Kier molecular flexibility index (Phi) is 5.25. The highest BCUT2D eigenvalue weighted by Crippen LogP contribution is 2.13. The summed E-state index contributed by atoms with van der Waals surface area (Å²) in [4.78, 5) is 33.6. The highest BCUT2D eigenvalue weighted by Gasteiger charge is 2.22. The highest BCUT2D eigenvalue weighted by atomic mass is 16.2. The molecule has 1 atom stereocenters. The maximum atomic E-state index is 12.3. The number of aromatic nitrogens is 2. The molecule has 2 heterocycles. The number of aryl methyl sites for hydroxylation is 1. The fraction of sp³-hybridized carbons (Fsp3) is 0.500. The third-order valence-corrected chi connectivity index (χ3v) is 4.65. The Morgan fingerprint density at radius 1 is 1.42 bits per heavy atom. The van der Waals surface area contributed by atoms with Gasteiger partial charge in [0, 0.05) is 32.0 Å². The molecule has 2 aromatic rings. The Morgan fingerprint density at radius 3 is 3.08 bits per heavy atom. The normalized spacial score (nSPS) is 18.0. The van der Waals surface area contributed by atoms with Crippen LogP contribution in [0.1, 0.15) is 31.5 Å². The van der Waals surface area contributed by atoms with Gasteiger partial charge in [-0.25, -0.2) is 4.98 Å². The first-order chi connectivity index (χ1) is 11.7. The quantitative estimate of drug-likeness (QED) is 0.871. The summed E-state index contributed by atoms with van der Waals surface area (Å²) >= 11 is 0. The highest BCUT2D eigenvalue weighted by molar-refractivity contribution is 5.77. The molecule has 1 aromatic carbocycles. The Bertz CT molecular complexity index is 771. The molecule has 0 saturated carbocycles. The average molecular weight is 328 g/mol. The van der Waals surface area contributed by atoms with Crippen molar-refractivity contribution in [3.8, 4) is 0 Å². The fourth-order valence-electron chi connectivity index (χ4n) is 3.26. The molecule has 2 N–H and O–H groups in total. The van der Waals surface area contributed by atoms with E-state index in [2.05, 4.69) is 15.3 Å². The Morgan fingerprint density at radius 2 is 2.25 bits per heavy atom. The standard InChI is InChI=1S/C18H24N4O2/c1-19-13-6-5-11-22(12-13)17(23)10-4-9-16-20-15-8-3-2-7-14(15)18(24)21-16/h2-3,7-8,13,19H,4-6,9-12H2,1H3,(H,20,21,24). The number of hydrogen-bond donors (Lipinski definition) is 2. The van der Waals surface area contributed by atoms with Crippen LogP contribution in [-0.4, -0.2) is 47.0 Å². The number of H-pyrrole nitrogens is 1. The largest absolute Gasteiger partial charge is 0.341 e. The van der Waals surface area contributed by atoms with Crippen molar-refractivity contribution in [1.82, 2.24) is 20.2 Å². The number of nitrogens with zero attached hydrogens (tertiary/aromatic N) is 2. The van der Waals surface area contributed by atoms with Gasteiger partial charge in [0.1, 0.15) is 5.82 Å². The number of benzene rings is 1. The molecule has 128 valence electrons. The molecule has 0 bridgehead atoms. The summed E-state index contributed by atoms with van der Waals surface area (Å²) in [5, 5.41) is 3.85. The van der Waals surface area contributed by atoms with Crippen molar-refractivity contribution < 1.29 is 4.79 Å². The van der Waals surface area contributed by atoms with E-state index in [4.69, 9.17) is 0 Å². The van der Waals surface area contributed by atoms with Gasteiger partial charge in [0.05, 0.1) is 10.9 Å². The van der Waals surface area contributed by atoms with Crippen molar-refractivity contribution >= 4 is 16.8 Å². The van der Waals surface area contributed by atoms with E-state index in [1.807, 2.05) is 30.1 Å². The van der Waals surface area contributed by atoms with E-state index in [9.17, 15) is 9.59 Å². The first kappa shape index (κ1) is 16.6. The van der Waals surface area contributed by atoms with Crippen molar-refractivity contribution in [3.05, 3.63) is 40.4 Å². The smallest absolute Gasteiger partial charge is 0.258 e. The third kappa shape index (κ3) is 3.82. The summed E-state index contributed by atoms with van der Waals surface area (Å²) in [6.45, 7) is 1.64. The summed E-state index contributed by atoms with van der Waals surface area (Å²) in [5.74, 6) is 0.844. The molecule has 0 spiro atoms. The lowest BCUT2D eigenvalue weighted by atomic mass is 10.1. The number of nitrogens with one attached hydrogen (secondary N) is 2. The van der Waals surface area contributed by atoms with Crippen LogP contribution in [-0.2, 0) is 11.2 Å². The number of para-hydroxylation sites is 1. The molecular weight excluding hydrogens is 304 g/mol. The maximum Gasteiger partial charge on any atom is 0.258 e. The van der Waals surface area contributed by atoms with Gasteiger partial charge in [-0.3, -0.25) is 9.59 Å². The fourth-order valence-corrected chi connectivity index (χ4v) is 3.26. The van der Waals surface area contributed by atoms with E-state index in [0.717, 1.165) is 25.9 Å². The van der Waals surface area contributed by atoms with Crippen molar-refractivity contribution in [2.75, 3.05) is 20.1 Å². The number of likely N-dealkylation sites (tertiary alicyclic amines) is 1. The van der Waals surface area contributed by atoms with Gasteiger partial charge in [-0.05, 0) is 38.4 Å². The second-order valence-corrected chi connectivity index (χ2v) is 6.35. The molecule has 6 nitrogen and oxygen atoms in total. The summed E-state index contributed by atoms with van der Waals surface area (Å²) in [7, 11) is 1.94. The van der Waals surface area contributed by atoms with Crippen molar-refractivity contribution in [2.45, 2.75) is 38.1 Å². The molecule has 24 heavy (non-hydrogen) atoms. The lowest BCUT2D eigenvalue weighted by Gasteiger charge is -2.32. The summed E-state index contributed by atoms with van der Waals surface area (Å²) in [5.41, 5.74) is 0.588. The van der Waals surface area contributed by atoms with Gasteiger partial charge in [-0.15, -0.1) is 0 Å². The molecule has 1 aliphatic heterocycles. The molecule has 1 aliphatic rings. The Hall–Kier alpha value is -2.21. The number of carbonyl (C=O) groups is 1. The van der Waals surface area contributed by atoms with E-state index >= 15 is 0 Å². The van der Waals surface area contributed by atoms with Gasteiger partial charge in [-0.2, -0.15) is 0 Å². The Balaban J connectivity index is 1.56. The summed E-state index contributed by atoms with van der Waals surface area (Å²) in [6.07, 6.45) is 3.97. The van der Waals surface area contributed by atoms with E-state index < -0.39 is 0 Å². The van der Waals surface area contributed by atoms with Crippen LogP contribution in [0.15, 0.2) is 29.1 Å². The predicted octanol–water partition coefficient (Wildman–Crippen LogP) is 1.46. The number of hydrogen-bond acceptors (Lipinski definition) is 4. The Labute approximate surface area is 141 Å². The van der Waals surface area contributed by atoms with Crippen molar-refractivity contribution in [2.24, 2.45) is 0 Å². The zero-order valence-corrected chi connectivity index (χ0v) is 14.0. The van der Waals surface area contributed by atoms with Crippen molar-refractivity contribution in [3.63, 3.8) is 0 Å². The van der Waals surface area contributed by atoms with Crippen LogP contribution in [0.5, 0.6) is 0 Å². The number of likely N-dealkylation sites (N-methyl/N-ethyl adjacent to an activating group) is 1. The average Bonchev–Trinajstić information content (AvgIpc) is 2.62. The molecule has 1 aromatic heterocycles. The summed E-state index contributed by atoms with van der Waals surface area (Å²) < 4.78 is 0. The number of rotatable bonds is 5. The first-order valence-corrected chi connectivity index (χ1v) is 8.60. The number of piperidine rings is 1. The second kappa shape index (κ2) is 7.57. The molecule has 1 saturated heterocycles. The molecule has 1 amide bonds. The van der Waals surface area contributed by atoms with Gasteiger partial charge in [0.25, 0.3) is 5.56 Å². The number of aromatic amines is 1. The molecule has 6 heteroatoms. The van der Waals surface area contributed by atoms with E-state index in [0.29, 0.717) is 42.0 Å². The first-order valence-electron chi connectivity index (χ1n) is 8.60. The van der Waals surface area contributed by atoms with E-state index in [1.165, 1.54) is 0 Å². The van der Waals surface area contributed by atoms with Crippen LogP contribution in [0.2, 0.25) is 0 Å². The SMILES string of the molecule is CNC1CCCN(C(=O)CCCc2nc3ccccc3c(=O)[nH]2)C1. The zero-order chi connectivity index (χ0) is 16.9. The van der Waals surface area contributed by atoms with Gasteiger partial charge in [-0.1, -0.05) is 12.1 Å². The van der Waals surface area contributed by atoms with Crippen molar-refractivity contribution in [1.29, 1.82) is 0 Å². The van der Waals surface area contributed by atoms with Crippen LogP contribution < -0.4 is 10.9 Å². The number of fused-ring (bicyclic) bond motifs is 1.